The van der Waals surface area contributed by atoms with Crippen LogP contribution in [0.15, 0.2) is 0 Å². The molecule has 0 saturated carbocycles. The molecule has 0 aliphatic carbocycles. The van der Waals surface area contributed by atoms with Crippen LogP contribution in [0.5, 0.6) is 0 Å². The summed E-state index contributed by atoms with van der Waals surface area (Å²) in [5.74, 6) is 1.49. The Balaban J connectivity index is 1.46. The molecule has 3 fully saturated rings. The SMILES string of the molecule is CC(C)(C)OC(=O)N1CCC(N2CC3COCC3C2)CC1. The van der Waals surface area contributed by atoms with Gasteiger partial charge in [0.05, 0.1) is 13.2 Å². The summed E-state index contributed by atoms with van der Waals surface area (Å²) in [5.41, 5.74) is -0.402. The summed E-state index contributed by atoms with van der Waals surface area (Å²) in [5, 5.41) is 0. The molecule has 2 atom stereocenters. The van der Waals surface area contributed by atoms with Gasteiger partial charge in [-0.3, -0.25) is 4.90 Å². The number of ether oxygens (including phenoxy) is 2. The van der Waals surface area contributed by atoms with E-state index in [9.17, 15) is 4.79 Å². The Labute approximate surface area is 127 Å². The maximum Gasteiger partial charge on any atom is 0.410 e. The van der Waals surface area contributed by atoms with E-state index in [1.54, 1.807) is 0 Å². The zero-order valence-corrected chi connectivity index (χ0v) is 13.5. The van der Waals surface area contributed by atoms with Crippen molar-refractivity contribution in [3.8, 4) is 0 Å². The molecule has 3 rings (SSSR count). The largest absolute Gasteiger partial charge is 0.444 e. The zero-order chi connectivity index (χ0) is 15.0. The summed E-state index contributed by atoms with van der Waals surface area (Å²) < 4.78 is 11.0. The van der Waals surface area contributed by atoms with Gasteiger partial charge < -0.3 is 14.4 Å². The molecule has 3 aliphatic rings. The zero-order valence-electron chi connectivity index (χ0n) is 13.5. The van der Waals surface area contributed by atoms with Gasteiger partial charge in [0.25, 0.3) is 0 Å². The van der Waals surface area contributed by atoms with E-state index in [0.29, 0.717) is 6.04 Å². The summed E-state index contributed by atoms with van der Waals surface area (Å²) in [4.78, 5) is 16.6. The minimum absolute atomic E-state index is 0.160. The van der Waals surface area contributed by atoms with Crippen LogP contribution in [-0.4, -0.2) is 66.9 Å². The second kappa shape index (κ2) is 5.76. The Hall–Kier alpha value is -0.810. The van der Waals surface area contributed by atoms with Crippen molar-refractivity contribution < 1.29 is 14.3 Å². The second-order valence-corrected chi connectivity index (χ2v) is 7.71. The van der Waals surface area contributed by atoms with Gasteiger partial charge in [-0.2, -0.15) is 0 Å². The van der Waals surface area contributed by atoms with E-state index in [4.69, 9.17) is 9.47 Å². The molecule has 2 unspecified atom stereocenters. The van der Waals surface area contributed by atoms with Crippen molar-refractivity contribution >= 4 is 6.09 Å². The predicted octanol–water partition coefficient (Wildman–Crippen LogP) is 1.96. The minimum Gasteiger partial charge on any atom is -0.444 e. The molecule has 0 bridgehead atoms. The Morgan fingerprint density at radius 3 is 2.19 bits per heavy atom. The first-order chi connectivity index (χ1) is 9.92. The topological polar surface area (TPSA) is 42.0 Å². The quantitative estimate of drug-likeness (QED) is 0.742. The average molecular weight is 296 g/mol. The molecule has 3 saturated heterocycles. The summed E-state index contributed by atoms with van der Waals surface area (Å²) in [6.07, 6.45) is 1.98. The van der Waals surface area contributed by atoms with Gasteiger partial charge in [0, 0.05) is 44.1 Å². The van der Waals surface area contributed by atoms with Gasteiger partial charge in [-0.1, -0.05) is 0 Å². The standard InChI is InChI=1S/C16H28N2O3/c1-16(2,3)21-15(19)17-6-4-14(5-7-17)18-8-12-10-20-11-13(12)9-18/h12-14H,4-11H2,1-3H3. The van der Waals surface area contributed by atoms with Crippen LogP contribution in [0, 0.1) is 11.8 Å². The Bertz CT molecular complexity index is 373. The number of fused-ring (bicyclic) bond motifs is 1. The van der Waals surface area contributed by atoms with Gasteiger partial charge in [-0.05, 0) is 33.6 Å². The van der Waals surface area contributed by atoms with Crippen molar-refractivity contribution in [3.05, 3.63) is 0 Å². The number of likely N-dealkylation sites (tertiary alicyclic amines) is 2. The van der Waals surface area contributed by atoms with Crippen LogP contribution in [-0.2, 0) is 9.47 Å². The highest BCUT2D eigenvalue weighted by molar-refractivity contribution is 5.68. The van der Waals surface area contributed by atoms with Gasteiger partial charge >= 0.3 is 6.09 Å². The molecule has 0 N–H and O–H groups in total. The minimum atomic E-state index is -0.402. The number of nitrogens with zero attached hydrogens (tertiary/aromatic N) is 2. The van der Waals surface area contributed by atoms with Crippen molar-refractivity contribution in [2.45, 2.75) is 45.3 Å². The molecule has 0 spiro atoms. The number of hydrogen-bond acceptors (Lipinski definition) is 4. The van der Waals surface area contributed by atoms with E-state index in [-0.39, 0.29) is 6.09 Å². The molecule has 120 valence electrons. The third kappa shape index (κ3) is 3.51. The molecule has 3 aliphatic heterocycles. The van der Waals surface area contributed by atoms with Gasteiger partial charge in [-0.15, -0.1) is 0 Å². The predicted molar refractivity (Wildman–Crippen MR) is 80.2 cm³/mol. The lowest BCUT2D eigenvalue weighted by molar-refractivity contribution is 0.0146. The van der Waals surface area contributed by atoms with E-state index >= 15 is 0 Å². The second-order valence-electron chi connectivity index (χ2n) is 7.71. The Kier molecular flexibility index (Phi) is 4.14. The molecular weight excluding hydrogens is 268 g/mol. The third-order valence-corrected chi connectivity index (χ3v) is 4.90. The van der Waals surface area contributed by atoms with Crippen molar-refractivity contribution in [1.29, 1.82) is 0 Å². The lowest BCUT2D eigenvalue weighted by atomic mass is 10.0. The van der Waals surface area contributed by atoms with Crippen LogP contribution >= 0.6 is 0 Å². The van der Waals surface area contributed by atoms with Crippen LogP contribution in [0.4, 0.5) is 4.79 Å². The number of hydrogen-bond donors (Lipinski definition) is 0. The molecule has 21 heavy (non-hydrogen) atoms. The van der Waals surface area contributed by atoms with Crippen molar-refractivity contribution in [3.63, 3.8) is 0 Å². The number of carbonyl (C=O) groups excluding carboxylic acids is 1. The maximum atomic E-state index is 12.1. The third-order valence-electron chi connectivity index (χ3n) is 4.90. The average Bonchev–Trinajstić information content (AvgIpc) is 2.97. The smallest absolute Gasteiger partial charge is 0.410 e. The van der Waals surface area contributed by atoms with Gasteiger partial charge in [-0.25, -0.2) is 4.79 Å². The normalized spacial score (nSPS) is 31.5. The van der Waals surface area contributed by atoms with Crippen molar-refractivity contribution in [2.24, 2.45) is 11.8 Å². The molecule has 0 radical (unpaired) electrons. The molecule has 1 amide bonds. The van der Waals surface area contributed by atoms with Crippen molar-refractivity contribution in [1.82, 2.24) is 9.80 Å². The molecular formula is C16H28N2O3. The van der Waals surface area contributed by atoms with Crippen LogP contribution in [0.3, 0.4) is 0 Å². The van der Waals surface area contributed by atoms with Crippen LogP contribution in [0.25, 0.3) is 0 Å². The summed E-state index contributed by atoms with van der Waals surface area (Å²) in [6.45, 7) is 11.7. The van der Waals surface area contributed by atoms with Crippen LogP contribution in [0.2, 0.25) is 0 Å². The Morgan fingerprint density at radius 1 is 1.10 bits per heavy atom. The van der Waals surface area contributed by atoms with E-state index in [1.807, 2.05) is 25.7 Å². The number of carbonyl (C=O) groups is 1. The number of rotatable bonds is 1. The first kappa shape index (κ1) is 15.1. The lowest BCUT2D eigenvalue weighted by Crippen LogP contribution is -2.47. The van der Waals surface area contributed by atoms with E-state index in [1.165, 1.54) is 13.1 Å². The summed E-state index contributed by atoms with van der Waals surface area (Å²) in [7, 11) is 0. The van der Waals surface area contributed by atoms with Gasteiger partial charge in [0.1, 0.15) is 5.60 Å². The molecule has 3 heterocycles. The molecule has 0 aromatic heterocycles. The number of piperidine rings is 1. The monoisotopic (exact) mass is 296 g/mol. The number of amides is 1. The summed E-state index contributed by atoms with van der Waals surface area (Å²) in [6, 6.07) is 0.634. The molecule has 5 heteroatoms. The highest BCUT2D eigenvalue weighted by Gasteiger charge is 2.40. The fraction of sp³-hybridized carbons (Fsp3) is 0.938. The lowest BCUT2D eigenvalue weighted by Gasteiger charge is -2.37. The highest BCUT2D eigenvalue weighted by Crippen LogP contribution is 2.32. The van der Waals surface area contributed by atoms with E-state index in [0.717, 1.165) is 51.0 Å². The first-order valence-electron chi connectivity index (χ1n) is 8.22. The highest BCUT2D eigenvalue weighted by atomic mass is 16.6. The van der Waals surface area contributed by atoms with Gasteiger partial charge in [0.15, 0.2) is 0 Å². The first-order valence-corrected chi connectivity index (χ1v) is 8.22. The van der Waals surface area contributed by atoms with E-state index in [2.05, 4.69) is 4.90 Å². The fourth-order valence-electron chi connectivity index (χ4n) is 3.76. The molecule has 0 aromatic carbocycles. The van der Waals surface area contributed by atoms with Gasteiger partial charge in [0.2, 0.25) is 0 Å². The van der Waals surface area contributed by atoms with Crippen LogP contribution < -0.4 is 0 Å². The van der Waals surface area contributed by atoms with Crippen LogP contribution in [0.1, 0.15) is 33.6 Å². The maximum absolute atomic E-state index is 12.1. The van der Waals surface area contributed by atoms with Crippen molar-refractivity contribution in [2.75, 3.05) is 39.4 Å². The molecule has 5 nitrogen and oxygen atoms in total. The Morgan fingerprint density at radius 2 is 1.67 bits per heavy atom. The molecule has 0 aromatic rings. The van der Waals surface area contributed by atoms with E-state index < -0.39 is 5.60 Å². The fourth-order valence-corrected chi connectivity index (χ4v) is 3.76. The summed E-state index contributed by atoms with van der Waals surface area (Å²) >= 11 is 0.